The Labute approximate surface area is 169 Å². The molecule has 4 nitrogen and oxygen atoms in total. The lowest BCUT2D eigenvalue weighted by Crippen LogP contribution is -2.03. The fourth-order valence-corrected chi connectivity index (χ4v) is 3.73. The van der Waals surface area contributed by atoms with Gasteiger partial charge in [0.05, 0.1) is 4.90 Å². The molecule has 3 rings (SSSR count). The average Bonchev–Trinajstić information content (AvgIpc) is 2.72. The highest BCUT2D eigenvalue weighted by molar-refractivity contribution is 7.95. The van der Waals surface area contributed by atoms with Crippen molar-refractivity contribution in [2.24, 2.45) is 0 Å². The number of halogens is 1. The van der Waals surface area contributed by atoms with Crippen LogP contribution in [0.5, 0.6) is 5.75 Å². The van der Waals surface area contributed by atoms with E-state index in [-0.39, 0.29) is 22.2 Å². The summed E-state index contributed by atoms with van der Waals surface area (Å²) in [7, 11) is -3.89. The molecule has 0 spiro atoms. The minimum atomic E-state index is -3.89. The van der Waals surface area contributed by atoms with Crippen LogP contribution in [-0.2, 0) is 16.4 Å². The maximum Gasteiger partial charge on any atom is 0.216 e. The Morgan fingerprint density at radius 1 is 1.00 bits per heavy atom. The lowest BCUT2D eigenvalue weighted by atomic mass is 10.2. The van der Waals surface area contributed by atoms with E-state index >= 15 is 0 Å². The zero-order valence-corrected chi connectivity index (χ0v) is 16.5. The molecule has 0 N–H and O–H groups in total. The molecule has 3 aromatic rings. The first kappa shape index (κ1) is 20.3. The highest BCUT2D eigenvalue weighted by Gasteiger charge is 2.20. The largest absolute Gasteiger partial charge is 0.489 e. The number of hydrogen-bond acceptors (Lipinski definition) is 4. The number of nitrogens with zero attached hydrogens (tertiary/aromatic N) is 1. The second-order valence-corrected chi connectivity index (χ2v) is 8.34. The molecule has 0 heterocycles. The molecule has 0 aliphatic carbocycles. The van der Waals surface area contributed by atoms with Crippen LogP contribution in [0, 0.1) is 24.1 Å². The van der Waals surface area contributed by atoms with Crippen molar-refractivity contribution in [3.8, 4) is 11.8 Å². The van der Waals surface area contributed by atoms with Gasteiger partial charge in [0, 0.05) is 0 Å². The van der Waals surface area contributed by atoms with Crippen LogP contribution in [0.2, 0.25) is 0 Å². The molecule has 0 fully saturated rings. The van der Waals surface area contributed by atoms with Crippen molar-refractivity contribution < 1.29 is 17.5 Å². The number of hydrogen-bond donors (Lipinski definition) is 0. The Kier molecular flexibility index (Phi) is 6.10. The smallest absolute Gasteiger partial charge is 0.216 e. The summed E-state index contributed by atoms with van der Waals surface area (Å²) in [6.45, 7) is 2.14. The molecular formula is C23H18FNO3S. The van der Waals surface area contributed by atoms with Gasteiger partial charge in [0.1, 0.15) is 29.1 Å². The van der Waals surface area contributed by atoms with Gasteiger partial charge in [-0.2, -0.15) is 5.26 Å². The molecule has 0 bridgehead atoms. The summed E-state index contributed by atoms with van der Waals surface area (Å²) < 4.78 is 43.9. The number of rotatable bonds is 6. The Morgan fingerprint density at radius 3 is 2.21 bits per heavy atom. The van der Waals surface area contributed by atoms with E-state index in [9.17, 15) is 18.1 Å². The van der Waals surface area contributed by atoms with Crippen molar-refractivity contribution in [3.63, 3.8) is 0 Å². The zero-order chi connectivity index (χ0) is 20.9. The standard InChI is InChI=1S/C23H18FNO3S/c1-17-2-12-22(13-3-17)29(26,27)23(15-25)14-18-6-10-21(11-7-18)28-16-19-4-8-20(24)9-5-19/h2-14H,16H2,1H3. The van der Waals surface area contributed by atoms with E-state index < -0.39 is 9.84 Å². The number of allylic oxidation sites excluding steroid dienone is 1. The summed E-state index contributed by atoms with van der Waals surface area (Å²) in [5.74, 6) is 0.269. The lowest BCUT2D eigenvalue weighted by Gasteiger charge is -2.07. The third kappa shape index (κ3) is 5.09. The summed E-state index contributed by atoms with van der Waals surface area (Å²) in [5, 5.41) is 9.37. The summed E-state index contributed by atoms with van der Waals surface area (Å²) >= 11 is 0. The van der Waals surface area contributed by atoms with E-state index in [0.29, 0.717) is 11.3 Å². The molecule has 0 amide bonds. The van der Waals surface area contributed by atoms with Crippen molar-refractivity contribution >= 4 is 15.9 Å². The number of ether oxygens (including phenoxy) is 1. The van der Waals surface area contributed by atoms with Gasteiger partial charge >= 0.3 is 0 Å². The van der Waals surface area contributed by atoms with Gasteiger partial charge in [-0.25, -0.2) is 12.8 Å². The van der Waals surface area contributed by atoms with Crippen LogP contribution in [0.3, 0.4) is 0 Å². The van der Waals surface area contributed by atoms with Crippen LogP contribution >= 0.6 is 0 Å². The fourth-order valence-electron chi connectivity index (χ4n) is 2.57. The first-order valence-corrected chi connectivity index (χ1v) is 10.3. The third-order valence-corrected chi connectivity index (χ3v) is 5.91. The van der Waals surface area contributed by atoms with Gasteiger partial charge in [-0.3, -0.25) is 0 Å². The predicted molar refractivity (Wildman–Crippen MR) is 109 cm³/mol. The quantitative estimate of drug-likeness (QED) is 0.536. The van der Waals surface area contributed by atoms with Gasteiger partial charge < -0.3 is 4.74 Å². The van der Waals surface area contributed by atoms with Crippen LogP contribution in [-0.4, -0.2) is 8.42 Å². The molecule has 0 aromatic heterocycles. The van der Waals surface area contributed by atoms with Crippen molar-refractivity contribution in [2.75, 3.05) is 0 Å². The average molecular weight is 407 g/mol. The minimum Gasteiger partial charge on any atom is -0.489 e. The van der Waals surface area contributed by atoms with Crippen LogP contribution in [0.25, 0.3) is 6.08 Å². The van der Waals surface area contributed by atoms with Crippen molar-refractivity contribution in [1.29, 1.82) is 5.26 Å². The molecule has 29 heavy (non-hydrogen) atoms. The van der Waals surface area contributed by atoms with E-state index in [2.05, 4.69) is 0 Å². The van der Waals surface area contributed by atoms with Gasteiger partial charge in [0.25, 0.3) is 0 Å². The zero-order valence-electron chi connectivity index (χ0n) is 15.7. The molecule has 0 radical (unpaired) electrons. The third-order valence-electron chi connectivity index (χ3n) is 4.23. The Morgan fingerprint density at radius 2 is 1.62 bits per heavy atom. The van der Waals surface area contributed by atoms with Gasteiger partial charge in [0.2, 0.25) is 9.84 Å². The molecule has 0 saturated carbocycles. The topological polar surface area (TPSA) is 67.2 Å². The number of aryl methyl sites for hydroxylation is 1. The van der Waals surface area contributed by atoms with E-state index in [1.807, 2.05) is 6.92 Å². The van der Waals surface area contributed by atoms with Crippen LogP contribution in [0.4, 0.5) is 4.39 Å². The lowest BCUT2D eigenvalue weighted by molar-refractivity contribution is 0.306. The molecule has 0 aliphatic rings. The highest BCUT2D eigenvalue weighted by Crippen LogP contribution is 2.23. The Bertz CT molecular complexity index is 1160. The molecular weight excluding hydrogens is 389 g/mol. The van der Waals surface area contributed by atoms with Crippen LogP contribution in [0.1, 0.15) is 16.7 Å². The van der Waals surface area contributed by atoms with E-state index in [1.54, 1.807) is 54.6 Å². The SMILES string of the molecule is Cc1ccc(S(=O)(=O)C(C#N)=Cc2ccc(OCc3ccc(F)cc3)cc2)cc1. The van der Waals surface area contributed by atoms with Gasteiger partial charge in [-0.15, -0.1) is 0 Å². The summed E-state index contributed by atoms with van der Waals surface area (Å²) in [4.78, 5) is -0.253. The maximum atomic E-state index is 12.9. The maximum absolute atomic E-state index is 12.9. The second kappa shape index (κ2) is 8.72. The van der Waals surface area contributed by atoms with Gasteiger partial charge in [-0.1, -0.05) is 42.0 Å². The predicted octanol–water partition coefficient (Wildman–Crippen LogP) is 5.05. The molecule has 3 aromatic carbocycles. The van der Waals surface area contributed by atoms with E-state index in [0.717, 1.165) is 11.1 Å². The first-order valence-electron chi connectivity index (χ1n) is 8.79. The molecule has 0 saturated heterocycles. The van der Waals surface area contributed by atoms with Crippen LogP contribution in [0.15, 0.2) is 82.6 Å². The monoisotopic (exact) mass is 407 g/mol. The number of benzene rings is 3. The summed E-state index contributed by atoms with van der Waals surface area (Å²) in [6, 6.07) is 20.9. The van der Waals surface area contributed by atoms with E-state index in [4.69, 9.17) is 4.74 Å². The van der Waals surface area contributed by atoms with Crippen molar-refractivity contribution in [1.82, 2.24) is 0 Å². The number of nitriles is 1. The van der Waals surface area contributed by atoms with Crippen molar-refractivity contribution in [3.05, 3.63) is 100 Å². The second-order valence-electron chi connectivity index (χ2n) is 6.42. The fraction of sp³-hybridized carbons (Fsp3) is 0.0870. The molecule has 146 valence electrons. The molecule has 0 aliphatic heterocycles. The normalized spacial score (nSPS) is 11.7. The summed E-state index contributed by atoms with van der Waals surface area (Å²) in [6.07, 6.45) is 1.33. The molecule has 0 unspecified atom stereocenters. The van der Waals surface area contributed by atoms with Gasteiger partial charge in [0.15, 0.2) is 0 Å². The minimum absolute atomic E-state index is 0.0788. The molecule has 6 heteroatoms. The van der Waals surface area contributed by atoms with Crippen molar-refractivity contribution in [2.45, 2.75) is 18.4 Å². The highest BCUT2D eigenvalue weighted by atomic mass is 32.2. The van der Waals surface area contributed by atoms with E-state index in [1.165, 1.54) is 30.3 Å². The Hall–Kier alpha value is -3.43. The number of sulfone groups is 1. The molecule has 0 atom stereocenters. The Balaban J connectivity index is 1.75. The summed E-state index contributed by atoms with van der Waals surface area (Å²) in [5.41, 5.74) is 2.32. The first-order chi connectivity index (χ1) is 13.9. The van der Waals surface area contributed by atoms with Crippen LogP contribution < -0.4 is 4.74 Å². The van der Waals surface area contributed by atoms with Gasteiger partial charge in [-0.05, 0) is 60.5 Å².